The maximum absolute atomic E-state index is 5.96. The molecule has 4 nitrogen and oxygen atoms in total. The maximum Gasteiger partial charge on any atom is 0.197 e. The van der Waals surface area contributed by atoms with Crippen LogP contribution in [-0.2, 0) is 9.47 Å². The quantitative estimate of drug-likeness (QED) is 0.329. The number of ether oxygens (including phenoxy) is 4. The highest BCUT2D eigenvalue weighted by Crippen LogP contribution is 2.40. The number of halogens is 2. The van der Waals surface area contributed by atoms with Gasteiger partial charge in [0.05, 0.1) is 7.14 Å². The minimum absolute atomic E-state index is 0.353. The minimum Gasteiger partial charge on any atom is -0.460 e. The van der Waals surface area contributed by atoms with E-state index in [1.54, 1.807) is 6.08 Å². The van der Waals surface area contributed by atoms with Crippen molar-refractivity contribution in [2.45, 2.75) is 40.3 Å². The monoisotopic (exact) mass is 532 g/mol. The SMILES string of the molecule is C=Cc1cc(I)c(OC(C)OCC)c(OC(C)OCC)c1I. The van der Waals surface area contributed by atoms with Gasteiger partial charge in [0.25, 0.3) is 0 Å². The summed E-state index contributed by atoms with van der Waals surface area (Å²) in [6, 6.07) is 2.02. The molecule has 0 amide bonds. The zero-order chi connectivity index (χ0) is 16.7. The van der Waals surface area contributed by atoms with Crippen LogP contribution in [0.3, 0.4) is 0 Å². The topological polar surface area (TPSA) is 36.9 Å². The van der Waals surface area contributed by atoms with Gasteiger partial charge in [0, 0.05) is 13.2 Å². The van der Waals surface area contributed by atoms with Crippen LogP contribution in [0.2, 0.25) is 0 Å². The second-order valence-electron chi connectivity index (χ2n) is 4.41. The lowest BCUT2D eigenvalue weighted by Gasteiger charge is -2.23. The van der Waals surface area contributed by atoms with Crippen molar-refractivity contribution in [3.05, 3.63) is 25.3 Å². The van der Waals surface area contributed by atoms with Gasteiger partial charge in [-0.05, 0) is 84.5 Å². The zero-order valence-corrected chi connectivity index (χ0v) is 17.6. The van der Waals surface area contributed by atoms with E-state index < -0.39 is 0 Å². The molecular weight excluding hydrogens is 510 g/mol. The number of rotatable bonds is 9. The van der Waals surface area contributed by atoms with Crippen molar-refractivity contribution < 1.29 is 18.9 Å². The lowest BCUT2D eigenvalue weighted by atomic mass is 10.2. The number of benzene rings is 1. The first kappa shape index (κ1) is 20.0. The molecule has 0 saturated carbocycles. The summed E-state index contributed by atoms with van der Waals surface area (Å²) in [5.74, 6) is 1.33. The summed E-state index contributed by atoms with van der Waals surface area (Å²) in [6.45, 7) is 12.6. The molecule has 22 heavy (non-hydrogen) atoms. The number of hydrogen-bond acceptors (Lipinski definition) is 4. The minimum atomic E-state index is -0.362. The zero-order valence-electron chi connectivity index (χ0n) is 13.3. The summed E-state index contributed by atoms with van der Waals surface area (Å²) in [4.78, 5) is 0. The molecule has 2 atom stereocenters. The first-order valence-corrected chi connectivity index (χ1v) is 9.31. The highest BCUT2D eigenvalue weighted by atomic mass is 127. The Morgan fingerprint density at radius 1 is 1.05 bits per heavy atom. The van der Waals surface area contributed by atoms with Crippen molar-refractivity contribution in [2.24, 2.45) is 0 Å². The van der Waals surface area contributed by atoms with E-state index in [1.807, 2.05) is 33.8 Å². The van der Waals surface area contributed by atoms with E-state index in [-0.39, 0.29) is 12.6 Å². The molecule has 0 fully saturated rings. The van der Waals surface area contributed by atoms with Gasteiger partial charge in [0.15, 0.2) is 24.1 Å². The standard InChI is InChI=1S/C16H22I2O4/c1-6-12-9-13(17)15(21-10(4)19-7-2)16(14(12)18)22-11(5)20-8-3/h6,9-11H,1,7-8H2,2-5H3. The van der Waals surface area contributed by atoms with Crippen LogP contribution >= 0.6 is 45.2 Å². The Morgan fingerprint density at radius 3 is 2.00 bits per heavy atom. The van der Waals surface area contributed by atoms with Gasteiger partial charge < -0.3 is 18.9 Å². The van der Waals surface area contributed by atoms with Crippen LogP contribution < -0.4 is 9.47 Å². The Kier molecular flexibility index (Phi) is 9.03. The second kappa shape index (κ2) is 9.94. The molecule has 0 heterocycles. The van der Waals surface area contributed by atoms with Crippen molar-refractivity contribution in [1.82, 2.24) is 0 Å². The molecule has 2 unspecified atom stereocenters. The van der Waals surface area contributed by atoms with Crippen molar-refractivity contribution in [3.63, 3.8) is 0 Å². The maximum atomic E-state index is 5.96. The molecule has 1 aromatic rings. The van der Waals surface area contributed by atoms with Crippen LogP contribution in [0, 0.1) is 7.14 Å². The Balaban J connectivity index is 3.21. The molecule has 124 valence electrons. The average molecular weight is 532 g/mol. The fourth-order valence-electron chi connectivity index (χ4n) is 1.84. The smallest absolute Gasteiger partial charge is 0.197 e. The molecule has 1 aromatic carbocycles. The predicted molar refractivity (Wildman–Crippen MR) is 105 cm³/mol. The van der Waals surface area contributed by atoms with Crippen molar-refractivity contribution in [3.8, 4) is 11.5 Å². The van der Waals surface area contributed by atoms with E-state index in [0.29, 0.717) is 24.7 Å². The molecule has 0 radical (unpaired) electrons. The van der Waals surface area contributed by atoms with Gasteiger partial charge in [-0.3, -0.25) is 0 Å². The van der Waals surface area contributed by atoms with Crippen molar-refractivity contribution >= 4 is 51.3 Å². The van der Waals surface area contributed by atoms with Gasteiger partial charge in [-0.25, -0.2) is 0 Å². The van der Waals surface area contributed by atoms with Gasteiger partial charge >= 0.3 is 0 Å². The first-order valence-electron chi connectivity index (χ1n) is 7.15. The summed E-state index contributed by atoms with van der Waals surface area (Å²) >= 11 is 4.47. The predicted octanol–water partition coefficient (Wildman–Crippen LogP) is 5.06. The highest BCUT2D eigenvalue weighted by Gasteiger charge is 2.21. The third-order valence-electron chi connectivity index (χ3n) is 2.75. The van der Waals surface area contributed by atoms with Crippen LogP contribution in [-0.4, -0.2) is 25.8 Å². The lowest BCUT2D eigenvalue weighted by molar-refractivity contribution is -0.0773. The summed E-state index contributed by atoms with van der Waals surface area (Å²) in [7, 11) is 0. The van der Waals surface area contributed by atoms with Crippen LogP contribution in [0.5, 0.6) is 11.5 Å². The lowest BCUT2D eigenvalue weighted by Crippen LogP contribution is -2.21. The molecule has 0 aliphatic heterocycles. The molecule has 0 aliphatic rings. The summed E-state index contributed by atoms with van der Waals surface area (Å²) < 4.78 is 24.7. The van der Waals surface area contributed by atoms with Gasteiger partial charge in [-0.15, -0.1) is 0 Å². The number of hydrogen-bond donors (Lipinski definition) is 0. The Morgan fingerprint density at radius 2 is 1.55 bits per heavy atom. The summed E-state index contributed by atoms with van der Waals surface area (Å²) in [5.41, 5.74) is 1.00. The van der Waals surface area contributed by atoms with E-state index in [2.05, 4.69) is 51.8 Å². The Labute approximate surface area is 159 Å². The van der Waals surface area contributed by atoms with Crippen molar-refractivity contribution in [2.75, 3.05) is 13.2 Å². The summed E-state index contributed by atoms with van der Waals surface area (Å²) in [5, 5.41) is 0. The molecule has 0 N–H and O–H groups in total. The Bertz CT molecular complexity index is 505. The molecule has 0 bridgehead atoms. The molecule has 0 aromatic heterocycles. The van der Waals surface area contributed by atoms with Crippen LogP contribution in [0.1, 0.15) is 33.3 Å². The molecule has 0 spiro atoms. The highest BCUT2D eigenvalue weighted by molar-refractivity contribution is 14.1. The van der Waals surface area contributed by atoms with Crippen LogP contribution in [0.4, 0.5) is 0 Å². The summed E-state index contributed by atoms with van der Waals surface area (Å²) in [6.07, 6.45) is 1.09. The average Bonchev–Trinajstić information content (AvgIpc) is 2.46. The van der Waals surface area contributed by atoms with Crippen LogP contribution in [0.15, 0.2) is 12.6 Å². The third-order valence-corrected chi connectivity index (χ3v) is 4.66. The second-order valence-corrected chi connectivity index (χ2v) is 6.65. The van der Waals surface area contributed by atoms with Gasteiger partial charge in [-0.2, -0.15) is 0 Å². The van der Waals surface area contributed by atoms with Gasteiger partial charge in [0.2, 0.25) is 0 Å². The fourth-order valence-corrected chi connectivity index (χ4v) is 3.29. The molecular formula is C16H22I2O4. The molecule has 6 heteroatoms. The van der Waals surface area contributed by atoms with Crippen molar-refractivity contribution in [1.29, 1.82) is 0 Å². The molecule has 0 saturated heterocycles. The Hall–Kier alpha value is -0.0600. The largest absolute Gasteiger partial charge is 0.460 e. The van der Waals surface area contributed by atoms with E-state index in [9.17, 15) is 0 Å². The van der Waals surface area contributed by atoms with Gasteiger partial charge in [-0.1, -0.05) is 12.7 Å². The third kappa shape index (κ3) is 5.54. The molecule has 1 rings (SSSR count). The van der Waals surface area contributed by atoms with Crippen LogP contribution in [0.25, 0.3) is 6.08 Å². The molecule has 0 aliphatic carbocycles. The van der Waals surface area contributed by atoms with E-state index in [0.717, 1.165) is 12.7 Å². The van der Waals surface area contributed by atoms with Gasteiger partial charge in [0.1, 0.15) is 0 Å². The first-order chi connectivity index (χ1) is 10.4. The van der Waals surface area contributed by atoms with E-state index >= 15 is 0 Å². The fraction of sp³-hybridized carbons (Fsp3) is 0.500. The van der Waals surface area contributed by atoms with E-state index in [1.165, 1.54) is 0 Å². The van der Waals surface area contributed by atoms with E-state index in [4.69, 9.17) is 18.9 Å². The normalized spacial score (nSPS) is 13.5.